The number of benzene rings is 1. The van der Waals surface area contributed by atoms with Crippen LogP contribution in [-0.4, -0.2) is 53.4 Å². The lowest BCUT2D eigenvalue weighted by Gasteiger charge is -2.38. The number of amides is 2. The minimum atomic E-state index is -0.208. The van der Waals surface area contributed by atoms with E-state index in [0.717, 1.165) is 31.4 Å². The lowest BCUT2D eigenvalue weighted by atomic mass is 9.88. The van der Waals surface area contributed by atoms with E-state index in [4.69, 9.17) is 4.74 Å². The quantitative estimate of drug-likeness (QED) is 0.686. The van der Waals surface area contributed by atoms with Crippen LogP contribution in [0.4, 0.5) is 0 Å². The van der Waals surface area contributed by atoms with Gasteiger partial charge in [-0.15, -0.1) is 0 Å². The molecule has 1 aromatic rings. The molecule has 4 aliphatic rings. The van der Waals surface area contributed by atoms with E-state index >= 15 is 0 Å². The normalized spacial score (nSPS) is 27.9. The van der Waals surface area contributed by atoms with Gasteiger partial charge < -0.3 is 4.74 Å². The van der Waals surface area contributed by atoms with Crippen molar-refractivity contribution >= 4 is 11.8 Å². The second-order valence-corrected chi connectivity index (χ2v) is 10.3. The summed E-state index contributed by atoms with van der Waals surface area (Å²) in [6.07, 6.45) is 11.9. The van der Waals surface area contributed by atoms with Crippen molar-refractivity contribution in [1.29, 1.82) is 0 Å². The number of hydrogen-bond donors (Lipinski definition) is 1. The number of likely N-dealkylation sites (tertiary alicyclic amines) is 1. The number of hydrogen-bond acceptors (Lipinski definition) is 5. The highest BCUT2D eigenvalue weighted by Gasteiger charge is 2.35. The van der Waals surface area contributed by atoms with Gasteiger partial charge in [-0.25, -0.2) is 0 Å². The third-order valence-corrected chi connectivity index (χ3v) is 7.98. The second kappa shape index (κ2) is 9.92. The van der Waals surface area contributed by atoms with Gasteiger partial charge in [-0.1, -0.05) is 31.7 Å². The number of fused-ring (bicyclic) bond motifs is 1. The van der Waals surface area contributed by atoms with Gasteiger partial charge in [-0.2, -0.15) is 0 Å². The van der Waals surface area contributed by atoms with Crippen molar-refractivity contribution in [2.75, 3.05) is 19.7 Å². The van der Waals surface area contributed by atoms with Crippen LogP contribution >= 0.6 is 0 Å². The van der Waals surface area contributed by atoms with Gasteiger partial charge in [0.05, 0.1) is 6.04 Å². The molecule has 0 aromatic heterocycles. The SMILES string of the molecule is O=C1CCC(N2Cc3ccc(OC[C@H]4CCCCN4CC4CCCCC4)cc3C2)C(=O)N1. The molecular weight excluding hydrogens is 402 g/mol. The summed E-state index contributed by atoms with van der Waals surface area (Å²) in [6.45, 7) is 4.74. The lowest BCUT2D eigenvalue weighted by Crippen LogP contribution is -2.50. The van der Waals surface area contributed by atoms with Crippen LogP contribution in [0.25, 0.3) is 0 Å². The van der Waals surface area contributed by atoms with Crippen LogP contribution in [0.5, 0.6) is 5.75 Å². The first-order chi connectivity index (χ1) is 15.7. The topological polar surface area (TPSA) is 61.9 Å². The fourth-order valence-electron chi connectivity index (χ4n) is 6.12. The van der Waals surface area contributed by atoms with Crippen LogP contribution in [0.15, 0.2) is 18.2 Å². The number of nitrogens with zero attached hydrogens (tertiary/aromatic N) is 2. The zero-order valence-corrected chi connectivity index (χ0v) is 19.2. The smallest absolute Gasteiger partial charge is 0.243 e. The van der Waals surface area contributed by atoms with E-state index in [0.29, 0.717) is 18.9 Å². The van der Waals surface area contributed by atoms with Crippen LogP contribution in [-0.2, 0) is 22.7 Å². The first-order valence-corrected chi connectivity index (χ1v) is 12.7. The maximum Gasteiger partial charge on any atom is 0.243 e. The van der Waals surface area contributed by atoms with E-state index in [9.17, 15) is 9.59 Å². The Morgan fingerprint density at radius 1 is 0.938 bits per heavy atom. The molecular formula is C26H37N3O3. The summed E-state index contributed by atoms with van der Waals surface area (Å²) >= 11 is 0. The van der Waals surface area contributed by atoms with E-state index in [1.165, 1.54) is 75.6 Å². The van der Waals surface area contributed by atoms with Crippen molar-refractivity contribution in [1.82, 2.24) is 15.1 Å². The number of ether oxygens (including phenoxy) is 1. The van der Waals surface area contributed by atoms with E-state index in [-0.39, 0.29) is 17.9 Å². The molecule has 6 nitrogen and oxygen atoms in total. The Bertz CT molecular complexity index is 836. The molecule has 174 valence electrons. The molecule has 0 spiro atoms. The molecule has 5 rings (SSSR count). The van der Waals surface area contributed by atoms with Gasteiger partial charge in [0.15, 0.2) is 0 Å². The molecule has 1 aromatic carbocycles. The molecule has 1 N–H and O–H groups in total. The summed E-state index contributed by atoms with van der Waals surface area (Å²) in [5.41, 5.74) is 2.51. The van der Waals surface area contributed by atoms with Crippen molar-refractivity contribution in [3.8, 4) is 5.75 Å². The van der Waals surface area contributed by atoms with E-state index in [1.807, 2.05) is 0 Å². The predicted octanol–water partition coefficient (Wildman–Crippen LogP) is 3.62. The fraction of sp³-hybridized carbons (Fsp3) is 0.692. The average Bonchev–Trinajstić information content (AvgIpc) is 3.22. The van der Waals surface area contributed by atoms with Crippen molar-refractivity contribution in [3.63, 3.8) is 0 Å². The highest BCUT2D eigenvalue weighted by Crippen LogP contribution is 2.31. The van der Waals surface area contributed by atoms with Gasteiger partial charge in [-0.3, -0.25) is 24.7 Å². The molecule has 6 heteroatoms. The van der Waals surface area contributed by atoms with Crippen LogP contribution in [0.2, 0.25) is 0 Å². The first-order valence-electron chi connectivity index (χ1n) is 12.7. The van der Waals surface area contributed by atoms with Gasteiger partial charge in [0, 0.05) is 32.1 Å². The monoisotopic (exact) mass is 439 g/mol. The zero-order valence-electron chi connectivity index (χ0n) is 19.2. The molecule has 1 saturated carbocycles. The molecule has 3 heterocycles. The summed E-state index contributed by atoms with van der Waals surface area (Å²) in [4.78, 5) is 28.6. The second-order valence-electron chi connectivity index (χ2n) is 10.3. The van der Waals surface area contributed by atoms with Crippen LogP contribution < -0.4 is 10.1 Å². The number of carbonyl (C=O) groups excluding carboxylic acids is 2. The Kier molecular flexibility index (Phi) is 6.79. The Labute approximate surface area is 191 Å². The minimum Gasteiger partial charge on any atom is -0.492 e. The molecule has 3 aliphatic heterocycles. The lowest BCUT2D eigenvalue weighted by molar-refractivity contribution is -0.137. The number of nitrogens with one attached hydrogen (secondary N) is 1. The molecule has 32 heavy (non-hydrogen) atoms. The van der Waals surface area contributed by atoms with Gasteiger partial charge >= 0.3 is 0 Å². The third-order valence-electron chi connectivity index (χ3n) is 7.98. The Balaban J connectivity index is 1.16. The number of imide groups is 1. The van der Waals surface area contributed by atoms with Crippen molar-refractivity contribution < 1.29 is 14.3 Å². The van der Waals surface area contributed by atoms with E-state index < -0.39 is 0 Å². The number of carbonyl (C=O) groups is 2. The highest BCUT2D eigenvalue weighted by atomic mass is 16.5. The number of rotatable bonds is 6. The van der Waals surface area contributed by atoms with E-state index in [2.05, 4.69) is 33.3 Å². The van der Waals surface area contributed by atoms with Crippen LogP contribution in [0.3, 0.4) is 0 Å². The maximum atomic E-state index is 12.3. The molecule has 1 aliphatic carbocycles. The maximum absolute atomic E-state index is 12.3. The number of piperidine rings is 2. The standard InChI is InChI=1S/C26H37N3O3/c30-25-12-11-24(26(31)27-25)29-16-20-9-10-23(14-21(20)17-29)32-18-22-8-4-5-13-28(22)15-19-6-2-1-3-7-19/h9-10,14,19,22,24H,1-8,11-13,15-18H2,(H,27,30,31)/t22-,24?/m1/s1. The predicted molar refractivity (Wildman–Crippen MR) is 123 cm³/mol. The highest BCUT2D eigenvalue weighted by molar-refractivity contribution is 6.00. The fourth-order valence-corrected chi connectivity index (χ4v) is 6.12. The summed E-state index contributed by atoms with van der Waals surface area (Å²) in [5, 5.41) is 2.49. The molecule has 0 bridgehead atoms. The molecule has 2 atom stereocenters. The molecule has 2 amide bonds. The molecule has 1 unspecified atom stereocenters. The summed E-state index contributed by atoms with van der Waals surface area (Å²) in [6, 6.07) is 6.72. The minimum absolute atomic E-state index is 0.152. The Hall–Kier alpha value is -1.92. The zero-order chi connectivity index (χ0) is 21.9. The average molecular weight is 440 g/mol. The van der Waals surface area contributed by atoms with Crippen molar-refractivity contribution in [3.05, 3.63) is 29.3 Å². The van der Waals surface area contributed by atoms with Gasteiger partial charge in [0.25, 0.3) is 0 Å². The summed E-state index contributed by atoms with van der Waals surface area (Å²) in [7, 11) is 0. The summed E-state index contributed by atoms with van der Waals surface area (Å²) in [5.74, 6) is 1.51. The van der Waals surface area contributed by atoms with Crippen molar-refractivity contribution in [2.45, 2.75) is 89.4 Å². The van der Waals surface area contributed by atoms with Crippen molar-refractivity contribution in [2.24, 2.45) is 5.92 Å². The largest absolute Gasteiger partial charge is 0.492 e. The van der Waals surface area contributed by atoms with Gasteiger partial charge in [-0.05, 0) is 67.8 Å². The van der Waals surface area contributed by atoms with Crippen LogP contribution in [0.1, 0.15) is 75.3 Å². The Morgan fingerprint density at radius 3 is 2.59 bits per heavy atom. The molecule has 2 saturated heterocycles. The first kappa shape index (κ1) is 21.9. The Morgan fingerprint density at radius 2 is 1.75 bits per heavy atom. The molecule has 0 radical (unpaired) electrons. The van der Waals surface area contributed by atoms with Gasteiger partial charge in [0.2, 0.25) is 11.8 Å². The van der Waals surface area contributed by atoms with Crippen LogP contribution in [0, 0.1) is 5.92 Å². The summed E-state index contributed by atoms with van der Waals surface area (Å²) < 4.78 is 6.32. The van der Waals surface area contributed by atoms with Gasteiger partial charge in [0.1, 0.15) is 12.4 Å². The molecule has 3 fully saturated rings. The van der Waals surface area contributed by atoms with E-state index in [1.54, 1.807) is 0 Å². The third kappa shape index (κ3) is 5.01.